The number of nitrogens with one attached hydrogen (secondary N) is 3. The molecule has 0 saturated carbocycles. The zero-order valence-electron chi connectivity index (χ0n) is 75.4. The summed E-state index contributed by atoms with van der Waals surface area (Å²) < 4.78 is 102. The van der Waals surface area contributed by atoms with E-state index in [1.165, 1.54) is 29.7 Å². The molecule has 6 amide bonds. The van der Waals surface area contributed by atoms with Crippen molar-refractivity contribution in [2.75, 3.05) is 212 Å². The maximum atomic E-state index is 12.3. The van der Waals surface area contributed by atoms with E-state index in [4.69, 9.17) is 82.5 Å². The molecule has 11 rings (SSSR count). The van der Waals surface area contributed by atoms with E-state index in [1.54, 1.807) is 40.6 Å². The van der Waals surface area contributed by atoms with E-state index in [0.29, 0.717) is 105 Å². The van der Waals surface area contributed by atoms with Gasteiger partial charge in [0.15, 0.2) is 0 Å². The molecule has 0 bridgehead atoms. The summed E-state index contributed by atoms with van der Waals surface area (Å²) in [5.41, 5.74) is 7.30. The van der Waals surface area contributed by atoms with Crippen LogP contribution in [0.15, 0.2) is 121 Å². The minimum absolute atomic E-state index is 0. The van der Waals surface area contributed by atoms with Crippen molar-refractivity contribution in [1.82, 2.24) is 45.3 Å². The van der Waals surface area contributed by atoms with Crippen LogP contribution in [0.2, 0.25) is 0 Å². The third-order valence-corrected chi connectivity index (χ3v) is 17.5. The number of ether oxygens (including phenoxy) is 13. The molecule has 0 unspecified atom stereocenters. The maximum Gasteiger partial charge on any atom is 0.410 e. The van der Waals surface area contributed by atoms with Gasteiger partial charge in [0.2, 0.25) is 0 Å². The van der Waals surface area contributed by atoms with Crippen molar-refractivity contribution in [3.05, 3.63) is 151 Å². The number of nitrogens with zero attached hydrogens (tertiary/aromatic N) is 6. The van der Waals surface area contributed by atoms with Crippen LogP contribution in [-0.4, -0.2) is 350 Å². The van der Waals surface area contributed by atoms with Gasteiger partial charge in [0.25, 0.3) is 10.1 Å². The monoisotopic (exact) mass is 1860 g/mol. The fourth-order valence-corrected chi connectivity index (χ4v) is 11.5. The van der Waals surface area contributed by atoms with E-state index in [0.717, 1.165) is 88.2 Å². The molecule has 7 saturated heterocycles. The van der Waals surface area contributed by atoms with Gasteiger partial charge in [-0.25, -0.2) is 28.8 Å². The standard InChI is InChI=1S/C19H28N2O5.C14H20N2O3.C14H19NO6S.C13H17NO4.C11H22N2O3.C5H11NO2.C4H8O.C2H6.CH5N.CH4O.2CH4.CH3.Y/c1-19(2,3)26-17(22)20(4)12-16-13-21(10-11-24-16)18(23)25-14-15-8-6-5-7-9-15;1-15-9-13-10-16(7-8-18-13)14(17)19-11-12-5-3-2-4-6-12;1-22(17,18)21-11-13-9-15(7-8-19-13)14(16)20-10-12-5-3-2-4-6-12;15-9-12-8-14(6-7-17-12)13(16)18-10-11-4-2-1-3-5-11;1-11(2,3)16-10(14)13(4)8-9-7-12-5-6-15-9;7-4-5-3-6-1-2-8-5;1-2-4-5-3-1;3*1-2;;;;/h5-9,16H,10-14H2,1-4H3;2-6,13,15H,7-11H2,1H3;2-6,13H,7-11H2,1H3;1-5,12,15H,6-10H2;9,12H,5-8H2,1-4H3;5-7H,1-4H2;1-4H2;1-2H3;2H2,1H3;2H,1H3;2*1H4;1H3;/q;;;;;;;;;;;;-1;/t16-;2*13-;12-;9-;5-;;;;;;;;/m110000......../s1/i;;;;;;;1D;;;;;;. The largest absolute Gasteiger partial charge is 0.445 e. The Morgan fingerprint density at radius 2 is 0.790 bits per heavy atom. The van der Waals surface area contributed by atoms with Gasteiger partial charge >= 0.3 is 36.6 Å². The molecule has 1 radical (unpaired) electrons. The molecule has 0 aliphatic carbocycles. The summed E-state index contributed by atoms with van der Waals surface area (Å²) >= 11 is 0. The second-order valence-electron chi connectivity index (χ2n) is 29.3. The molecule has 7 heterocycles. The molecule has 709 valence electrons. The number of benzene rings is 4. The summed E-state index contributed by atoms with van der Waals surface area (Å²) in [6.07, 6.45) is 0.445. The Morgan fingerprint density at radius 1 is 0.500 bits per heavy atom. The van der Waals surface area contributed by atoms with Crippen molar-refractivity contribution < 1.29 is 152 Å². The van der Waals surface area contributed by atoms with Crippen LogP contribution in [0, 0.1) is 7.43 Å². The molecule has 7 aliphatic rings. The number of rotatable bonds is 19. The van der Waals surface area contributed by atoms with Crippen molar-refractivity contribution in [2.45, 2.75) is 157 Å². The van der Waals surface area contributed by atoms with Gasteiger partial charge in [0.05, 0.1) is 136 Å². The summed E-state index contributed by atoms with van der Waals surface area (Å²) in [6, 6.07) is 38.1. The van der Waals surface area contributed by atoms with E-state index in [1.807, 2.05) is 170 Å². The zero-order chi connectivity index (χ0) is 89.7. The average molecular weight is 1860 g/mol. The van der Waals surface area contributed by atoms with Crippen LogP contribution in [-0.2, 0) is 135 Å². The summed E-state index contributed by atoms with van der Waals surface area (Å²) in [5, 5.41) is 33.9. The smallest absolute Gasteiger partial charge is 0.410 e. The van der Waals surface area contributed by atoms with Crippen molar-refractivity contribution in [2.24, 2.45) is 5.73 Å². The van der Waals surface area contributed by atoms with E-state index in [2.05, 4.69) is 21.7 Å². The first kappa shape index (κ1) is 119. The van der Waals surface area contributed by atoms with Crippen LogP contribution in [0.5, 0.6) is 0 Å². The predicted octanol–water partition coefficient (Wildman–Crippen LogP) is 8.69. The molecule has 4 aromatic rings. The molecule has 0 aromatic heterocycles. The second-order valence-corrected chi connectivity index (χ2v) is 30.9. The molecule has 124 heavy (non-hydrogen) atoms. The van der Waals surface area contributed by atoms with E-state index >= 15 is 0 Å². The quantitative estimate of drug-likeness (QED) is 0.0262. The SMILES string of the molecule is C.C.C1CCOC1.CN.CN(C[C@@H]1CN(C(=O)OCc2ccccc2)CCO1)C(=O)OC(C)(C)C.CN(C[C@@H]1CNCCO1)C(=O)OC(C)(C)C.CNC[C@@H]1CN(C(=O)OCc2ccccc2)CCO1.CO.CS(=O)(=O)OC[C@@H]1CN(C(=O)OCc2ccccc2)CCO1.O=C(OCc1ccccc1)N1CCO[C@H](CO)C1.OC[C@@H]1CNCCO1.[2H]CC.[CH3-].[Y]. The molecule has 8 N–H and O–H groups in total. The van der Waals surface area contributed by atoms with Gasteiger partial charge < -0.3 is 135 Å². The van der Waals surface area contributed by atoms with Crippen molar-refractivity contribution in [1.29, 1.82) is 0 Å². The Labute approximate surface area is 766 Å². The number of likely N-dealkylation sites (N-methyl/N-ethyl adjacent to an activating group) is 3. The van der Waals surface area contributed by atoms with Crippen molar-refractivity contribution in [3.63, 3.8) is 0 Å². The Bertz CT molecular complexity index is 3450. The first-order valence-electron chi connectivity index (χ1n) is 41.1. The number of aliphatic hydroxyl groups is 3. The normalized spacial score (nSPS) is 18.8. The van der Waals surface area contributed by atoms with Gasteiger partial charge in [-0.15, -0.1) is 0 Å². The molecule has 6 atom stereocenters. The molecular weight excluding hydrogens is 1710 g/mol. The number of hydrogen-bond acceptors (Lipinski definition) is 29. The molecule has 35 nitrogen and oxygen atoms in total. The number of nitrogens with two attached hydrogens (primary N) is 1. The summed E-state index contributed by atoms with van der Waals surface area (Å²) in [5.74, 6) is 0. The zero-order valence-corrected chi connectivity index (χ0v) is 78.1. The average Bonchev–Trinajstić information content (AvgIpc) is 1.50. The molecule has 0 spiro atoms. The number of hydrogen-bond donors (Lipinski definition) is 7. The molecule has 7 aliphatic heterocycles. The fourth-order valence-electron chi connectivity index (χ4n) is 11.1. The third-order valence-electron chi connectivity index (χ3n) is 16.9. The van der Waals surface area contributed by atoms with Crippen LogP contribution in [0.3, 0.4) is 0 Å². The number of morpholine rings is 6. The van der Waals surface area contributed by atoms with Crippen LogP contribution < -0.4 is 21.7 Å². The topological polar surface area (TPSA) is 408 Å². The number of aliphatic hydroxyl groups excluding tert-OH is 3. The van der Waals surface area contributed by atoms with Gasteiger partial charge in [-0.05, 0) is 90.7 Å². The van der Waals surface area contributed by atoms with Crippen LogP contribution >= 0.6 is 0 Å². The van der Waals surface area contributed by atoms with E-state index < -0.39 is 39.6 Å². The Hall–Kier alpha value is -7.05. The summed E-state index contributed by atoms with van der Waals surface area (Å²) in [7, 11) is 4.23. The van der Waals surface area contributed by atoms with Crippen LogP contribution in [0.4, 0.5) is 28.8 Å². The van der Waals surface area contributed by atoms with Crippen molar-refractivity contribution >= 4 is 46.7 Å². The Balaban J connectivity index is -0.00000141. The molecular formula is C87H151N10O25SY-. The first-order chi connectivity index (χ1) is 58.0. The maximum absolute atomic E-state index is 12.3. The number of carbonyl (C=O) groups is 6. The Morgan fingerprint density at radius 3 is 1.08 bits per heavy atom. The van der Waals surface area contributed by atoms with Gasteiger partial charge in [-0.2, -0.15) is 8.42 Å². The van der Waals surface area contributed by atoms with Gasteiger partial charge in [0.1, 0.15) is 43.7 Å². The van der Waals surface area contributed by atoms with Crippen molar-refractivity contribution in [3.8, 4) is 0 Å². The first-order valence-corrected chi connectivity index (χ1v) is 42.2. The molecule has 4 aromatic carbocycles. The summed E-state index contributed by atoms with van der Waals surface area (Å²) in [6.45, 7) is 28.0. The predicted molar refractivity (Wildman–Crippen MR) is 473 cm³/mol. The molecule has 7 fully saturated rings. The summed E-state index contributed by atoms with van der Waals surface area (Å²) in [4.78, 5) is 81.1. The van der Waals surface area contributed by atoms with Gasteiger partial charge in [0, 0.05) is 127 Å². The number of carbonyl (C=O) groups excluding carboxylic acids is 6. The Kier molecular flexibility index (Phi) is 69.0. The molecule has 37 heteroatoms. The van der Waals surface area contributed by atoms with Gasteiger partial charge in [-0.3, -0.25) is 4.18 Å². The minimum atomic E-state index is -3.52. The fraction of sp³-hybridized carbons (Fsp3) is 0.644. The van der Waals surface area contributed by atoms with Crippen LogP contribution in [0.25, 0.3) is 0 Å². The van der Waals surface area contributed by atoms with E-state index in [9.17, 15) is 37.2 Å². The van der Waals surface area contributed by atoms with Gasteiger partial charge in [-0.1, -0.05) is 150 Å². The minimum Gasteiger partial charge on any atom is -0.445 e. The van der Waals surface area contributed by atoms with Crippen LogP contribution in [0.1, 0.15) is 107 Å². The van der Waals surface area contributed by atoms with E-state index in [-0.39, 0.29) is 156 Å². The third kappa shape index (κ3) is 57.6. The number of amides is 6. The second kappa shape index (κ2) is 71.9.